The second kappa shape index (κ2) is 6.08. The van der Waals surface area contributed by atoms with Gasteiger partial charge in [-0.25, -0.2) is 0 Å². The molecule has 0 amide bonds. The van der Waals surface area contributed by atoms with Crippen molar-refractivity contribution in [3.8, 4) is 5.75 Å². The van der Waals surface area contributed by atoms with Gasteiger partial charge >= 0.3 is 0 Å². The van der Waals surface area contributed by atoms with Gasteiger partial charge in [-0.05, 0) is 42.5 Å². The molecule has 0 fully saturated rings. The van der Waals surface area contributed by atoms with Gasteiger partial charge in [0, 0.05) is 12.0 Å². The average Bonchev–Trinajstić information content (AvgIpc) is 2.32. The predicted octanol–water partition coefficient (Wildman–Crippen LogP) is 3.05. The Kier molecular flexibility index (Phi) is 5.03. The van der Waals surface area contributed by atoms with Crippen LogP contribution in [0.25, 0.3) is 0 Å². The van der Waals surface area contributed by atoms with Gasteiger partial charge in [-0.2, -0.15) is 0 Å². The summed E-state index contributed by atoms with van der Waals surface area (Å²) >= 11 is 0. The van der Waals surface area contributed by atoms with Gasteiger partial charge in [0.15, 0.2) is 0 Å². The van der Waals surface area contributed by atoms with E-state index in [4.69, 9.17) is 10.5 Å². The van der Waals surface area contributed by atoms with Crippen LogP contribution < -0.4 is 10.5 Å². The van der Waals surface area contributed by atoms with Gasteiger partial charge in [0.2, 0.25) is 0 Å². The molecular formula is C14H20ClNO. The molecular weight excluding hydrogens is 234 g/mol. The standard InChI is InChI=1S/C14H19NO.ClH/c1-3-4-13-12-7-6-11(16-2)9-10(12)5-8-14(13)15;/h3,6-7,9,13-14H,1,4-5,8,15H2,2H3;1H/t13-,14+;/m1./s1. The summed E-state index contributed by atoms with van der Waals surface area (Å²) in [5.41, 5.74) is 8.93. The molecule has 17 heavy (non-hydrogen) atoms. The summed E-state index contributed by atoms with van der Waals surface area (Å²) in [6.07, 6.45) is 5.03. The van der Waals surface area contributed by atoms with Crippen molar-refractivity contribution in [1.29, 1.82) is 0 Å². The van der Waals surface area contributed by atoms with Gasteiger partial charge in [-0.15, -0.1) is 19.0 Å². The minimum Gasteiger partial charge on any atom is -0.497 e. The van der Waals surface area contributed by atoms with Crippen LogP contribution in [0.5, 0.6) is 5.75 Å². The van der Waals surface area contributed by atoms with Crippen molar-refractivity contribution >= 4 is 12.4 Å². The van der Waals surface area contributed by atoms with Crippen LogP contribution in [0.3, 0.4) is 0 Å². The molecule has 94 valence electrons. The normalized spacial score (nSPS) is 22.2. The number of nitrogens with two attached hydrogens (primary N) is 1. The molecule has 3 heteroatoms. The summed E-state index contributed by atoms with van der Waals surface area (Å²) in [5, 5.41) is 0. The van der Waals surface area contributed by atoms with E-state index in [9.17, 15) is 0 Å². The number of hydrogen-bond donors (Lipinski definition) is 1. The fourth-order valence-corrected chi connectivity index (χ4v) is 2.52. The number of benzene rings is 1. The van der Waals surface area contributed by atoms with Crippen LogP contribution >= 0.6 is 12.4 Å². The van der Waals surface area contributed by atoms with Gasteiger partial charge in [-0.3, -0.25) is 0 Å². The summed E-state index contributed by atoms with van der Waals surface area (Å²) in [6.45, 7) is 3.82. The zero-order valence-electron chi connectivity index (χ0n) is 10.2. The Balaban J connectivity index is 0.00000144. The summed E-state index contributed by atoms with van der Waals surface area (Å²) in [6, 6.07) is 6.57. The van der Waals surface area contributed by atoms with E-state index in [1.807, 2.05) is 12.1 Å². The molecule has 1 aliphatic rings. The summed E-state index contributed by atoms with van der Waals surface area (Å²) in [5.74, 6) is 1.36. The first-order valence-electron chi connectivity index (χ1n) is 5.79. The van der Waals surface area contributed by atoms with E-state index < -0.39 is 0 Å². The van der Waals surface area contributed by atoms with Crippen molar-refractivity contribution in [3.63, 3.8) is 0 Å². The maximum Gasteiger partial charge on any atom is 0.119 e. The summed E-state index contributed by atoms with van der Waals surface area (Å²) in [7, 11) is 1.71. The molecule has 1 aliphatic carbocycles. The van der Waals surface area contributed by atoms with Crippen LogP contribution in [0.1, 0.15) is 29.9 Å². The molecule has 2 nitrogen and oxygen atoms in total. The van der Waals surface area contributed by atoms with Gasteiger partial charge in [0.05, 0.1) is 7.11 Å². The van der Waals surface area contributed by atoms with E-state index >= 15 is 0 Å². The Morgan fingerprint density at radius 1 is 1.53 bits per heavy atom. The highest BCUT2D eigenvalue weighted by atomic mass is 35.5. The van der Waals surface area contributed by atoms with Crippen molar-refractivity contribution in [2.45, 2.75) is 31.2 Å². The van der Waals surface area contributed by atoms with E-state index in [1.165, 1.54) is 11.1 Å². The fraction of sp³-hybridized carbons (Fsp3) is 0.429. The van der Waals surface area contributed by atoms with E-state index in [-0.39, 0.29) is 18.4 Å². The van der Waals surface area contributed by atoms with Crippen LogP contribution in [0.15, 0.2) is 30.9 Å². The molecule has 0 aliphatic heterocycles. The van der Waals surface area contributed by atoms with Crippen LogP contribution in [-0.2, 0) is 6.42 Å². The first kappa shape index (κ1) is 14.1. The van der Waals surface area contributed by atoms with Crippen LogP contribution in [0, 0.1) is 0 Å². The number of ether oxygens (including phenoxy) is 1. The van der Waals surface area contributed by atoms with Gasteiger partial charge in [-0.1, -0.05) is 12.1 Å². The third kappa shape index (κ3) is 2.82. The van der Waals surface area contributed by atoms with Crippen molar-refractivity contribution in [2.75, 3.05) is 7.11 Å². The third-order valence-corrected chi connectivity index (χ3v) is 3.43. The zero-order valence-corrected chi connectivity index (χ0v) is 11.0. The topological polar surface area (TPSA) is 35.2 Å². The predicted molar refractivity (Wildman–Crippen MR) is 74.1 cm³/mol. The number of aryl methyl sites for hydroxylation is 1. The minimum atomic E-state index is 0. The molecule has 0 spiro atoms. The van der Waals surface area contributed by atoms with E-state index in [1.54, 1.807) is 7.11 Å². The first-order valence-corrected chi connectivity index (χ1v) is 5.79. The monoisotopic (exact) mass is 253 g/mol. The number of rotatable bonds is 3. The first-order chi connectivity index (χ1) is 7.76. The number of methoxy groups -OCH3 is 1. The smallest absolute Gasteiger partial charge is 0.119 e. The lowest BCUT2D eigenvalue weighted by molar-refractivity contribution is 0.411. The van der Waals surface area contributed by atoms with E-state index in [0.29, 0.717) is 5.92 Å². The Hall–Kier alpha value is -0.990. The molecule has 2 N–H and O–H groups in total. The average molecular weight is 254 g/mol. The lowest BCUT2D eigenvalue weighted by atomic mass is 9.78. The lowest BCUT2D eigenvalue weighted by Crippen LogP contribution is -2.32. The lowest BCUT2D eigenvalue weighted by Gasteiger charge is -2.30. The summed E-state index contributed by atoms with van der Waals surface area (Å²) in [4.78, 5) is 0. The molecule has 0 aromatic heterocycles. The Morgan fingerprint density at radius 3 is 2.94 bits per heavy atom. The largest absolute Gasteiger partial charge is 0.497 e. The Labute approximate surface area is 109 Å². The highest BCUT2D eigenvalue weighted by Gasteiger charge is 2.25. The molecule has 0 unspecified atom stereocenters. The quantitative estimate of drug-likeness (QED) is 0.841. The van der Waals surface area contributed by atoms with Crippen molar-refractivity contribution in [3.05, 3.63) is 42.0 Å². The van der Waals surface area contributed by atoms with Crippen LogP contribution in [0.4, 0.5) is 0 Å². The summed E-state index contributed by atoms with van der Waals surface area (Å²) < 4.78 is 5.25. The maximum absolute atomic E-state index is 6.17. The molecule has 2 rings (SSSR count). The minimum absolute atomic E-state index is 0. The molecule has 1 aromatic rings. The zero-order chi connectivity index (χ0) is 11.5. The van der Waals surface area contributed by atoms with Gasteiger partial charge in [0.25, 0.3) is 0 Å². The molecule has 1 aromatic carbocycles. The number of hydrogen-bond acceptors (Lipinski definition) is 2. The molecule has 0 bridgehead atoms. The molecule has 0 heterocycles. The Morgan fingerprint density at radius 2 is 2.29 bits per heavy atom. The number of allylic oxidation sites excluding steroid dienone is 1. The van der Waals surface area contributed by atoms with Crippen LogP contribution in [0.2, 0.25) is 0 Å². The number of fused-ring (bicyclic) bond motifs is 1. The van der Waals surface area contributed by atoms with Crippen molar-refractivity contribution < 1.29 is 4.74 Å². The SMILES string of the molecule is C=CC[C@@H]1c2ccc(OC)cc2CC[C@@H]1N.Cl. The molecule has 0 radical (unpaired) electrons. The van der Waals surface area contributed by atoms with Crippen molar-refractivity contribution in [2.24, 2.45) is 5.73 Å². The second-order valence-electron chi connectivity index (χ2n) is 4.40. The fourth-order valence-electron chi connectivity index (χ4n) is 2.52. The molecule has 0 saturated carbocycles. The second-order valence-corrected chi connectivity index (χ2v) is 4.40. The maximum atomic E-state index is 6.17. The highest BCUT2D eigenvalue weighted by molar-refractivity contribution is 5.85. The molecule has 0 saturated heterocycles. The Bertz CT molecular complexity index is 392. The van der Waals surface area contributed by atoms with Gasteiger partial charge < -0.3 is 10.5 Å². The number of halogens is 1. The van der Waals surface area contributed by atoms with E-state index in [2.05, 4.69) is 18.7 Å². The third-order valence-electron chi connectivity index (χ3n) is 3.43. The van der Waals surface area contributed by atoms with Gasteiger partial charge in [0.1, 0.15) is 5.75 Å². The highest BCUT2D eigenvalue weighted by Crippen LogP contribution is 2.35. The molecule has 2 atom stereocenters. The van der Waals surface area contributed by atoms with Crippen LogP contribution in [-0.4, -0.2) is 13.2 Å². The van der Waals surface area contributed by atoms with E-state index in [0.717, 1.165) is 25.0 Å². The van der Waals surface area contributed by atoms with Crippen molar-refractivity contribution in [1.82, 2.24) is 0 Å².